The average molecular weight is 347 g/mol. The van der Waals surface area contributed by atoms with Crippen molar-refractivity contribution in [1.82, 2.24) is 25.4 Å². The molecule has 1 atom stereocenters. The third-order valence-electron chi connectivity index (χ3n) is 3.83. The maximum absolute atomic E-state index is 13.2. The van der Waals surface area contributed by atoms with Gasteiger partial charge in [0.15, 0.2) is 0 Å². The zero-order valence-corrected chi connectivity index (χ0v) is 15.2. The lowest BCUT2D eigenvalue weighted by Crippen LogP contribution is -2.40. The van der Waals surface area contributed by atoms with E-state index in [1.54, 1.807) is 16.8 Å². The van der Waals surface area contributed by atoms with Gasteiger partial charge in [-0.15, -0.1) is 0 Å². The molecule has 136 valence electrons. The molecule has 1 aromatic carbocycles. The minimum absolute atomic E-state index is 0.0188. The molecule has 2 aromatic rings. The Morgan fingerprint density at radius 3 is 2.52 bits per heavy atom. The number of halogens is 1. The van der Waals surface area contributed by atoms with Crippen LogP contribution in [0.5, 0.6) is 0 Å². The van der Waals surface area contributed by atoms with Gasteiger partial charge in [0.25, 0.3) is 0 Å². The largest absolute Gasteiger partial charge is 0.338 e. The topological polar surface area (TPSA) is 71.8 Å². The lowest BCUT2D eigenvalue weighted by atomic mass is 9.85. The van der Waals surface area contributed by atoms with Crippen molar-refractivity contribution in [3.05, 3.63) is 47.8 Å². The van der Waals surface area contributed by atoms with Crippen LogP contribution in [-0.2, 0) is 13.5 Å². The molecule has 0 aliphatic heterocycles. The van der Waals surface area contributed by atoms with Gasteiger partial charge >= 0.3 is 6.03 Å². The number of hydrogen-bond acceptors (Lipinski definition) is 3. The van der Waals surface area contributed by atoms with Crippen LogP contribution in [0.1, 0.15) is 44.6 Å². The lowest BCUT2D eigenvalue weighted by Gasteiger charge is -2.27. The minimum Gasteiger partial charge on any atom is -0.338 e. The molecule has 0 radical (unpaired) electrons. The first kappa shape index (κ1) is 18.9. The molecule has 0 fully saturated rings. The van der Waals surface area contributed by atoms with Crippen LogP contribution in [0.25, 0.3) is 0 Å². The van der Waals surface area contributed by atoms with E-state index in [1.807, 2.05) is 7.05 Å². The molecule has 6 nitrogen and oxygen atoms in total. The molecule has 2 N–H and O–H groups in total. The second kappa shape index (κ2) is 8.09. The van der Waals surface area contributed by atoms with Crippen LogP contribution in [0.4, 0.5) is 9.18 Å². The number of rotatable bonds is 6. The van der Waals surface area contributed by atoms with E-state index < -0.39 is 0 Å². The van der Waals surface area contributed by atoms with E-state index in [1.165, 1.54) is 18.5 Å². The Morgan fingerprint density at radius 2 is 1.96 bits per heavy atom. The maximum atomic E-state index is 13.2. The predicted molar refractivity (Wildman–Crippen MR) is 94.5 cm³/mol. The van der Waals surface area contributed by atoms with Crippen LogP contribution in [0.3, 0.4) is 0 Å². The highest BCUT2D eigenvalue weighted by atomic mass is 19.1. The normalized spacial score (nSPS) is 12.7. The standard InChI is InChI=1S/C18H26FN5O/c1-18(2,3)11-15(13-5-7-14(19)8-6-13)23-17(25)20-10-9-16-21-12-22-24(16)4/h5-8,12,15H,9-11H2,1-4H3,(H2,20,23,25). The van der Waals surface area contributed by atoms with E-state index in [0.717, 1.165) is 17.8 Å². The summed E-state index contributed by atoms with van der Waals surface area (Å²) >= 11 is 0. The molecule has 1 heterocycles. The number of aromatic nitrogens is 3. The van der Waals surface area contributed by atoms with Gasteiger partial charge in [0.2, 0.25) is 0 Å². The van der Waals surface area contributed by atoms with Gasteiger partial charge in [0.05, 0.1) is 6.04 Å². The van der Waals surface area contributed by atoms with Crippen molar-refractivity contribution in [1.29, 1.82) is 0 Å². The zero-order chi connectivity index (χ0) is 18.4. The number of urea groups is 1. The molecule has 0 saturated heterocycles. The molecule has 0 aliphatic carbocycles. The smallest absolute Gasteiger partial charge is 0.315 e. The van der Waals surface area contributed by atoms with E-state index in [2.05, 4.69) is 41.5 Å². The zero-order valence-electron chi connectivity index (χ0n) is 15.2. The van der Waals surface area contributed by atoms with Crippen molar-refractivity contribution in [2.45, 2.75) is 39.7 Å². The SMILES string of the molecule is Cn1ncnc1CCNC(=O)NC(CC(C)(C)C)c1ccc(F)cc1. The van der Waals surface area contributed by atoms with Crippen molar-refractivity contribution >= 4 is 6.03 Å². The fourth-order valence-corrected chi connectivity index (χ4v) is 2.60. The Kier molecular flexibility index (Phi) is 6.12. The van der Waals surface area contributed by atoms with Gasteiger partial charge in [-0.25, -0.2) is 14.2 Å². The lowest BCUT2D eigenvalue weighted by molar-refractivity contribution is 0.230. The fourth-order valence-electron chi connectivity index (χ4n) is 2.60. The molecule has 0 spiro atoms. The number of nitrogens with zero attached hydrogens (tertiary/aromatic N) is 3. The summed E-state index contributed by atoms with van der Waals surface area (Å²) in [7, 11) is 1.82. The summed E-state index contributed by atoms with van der Waals surface area (Å²) in [6, 6.07) is 5.82. The molecule has 0 saturated carbocycles. The van der Waals surface area contributed by atoms with Gasteiger partial charge in [-0.3, -0.25) is 4.68 Å². The van der Waals surface area contributed by atoms with Gasteiger partial charge < -0.3 is 10.6 Å². The molecular formula is C18H26FN5O. The van der Waals surface area contributed by atoms with Crippen LogP contribution in [0.2, 0.25) is 0 Å². The van der Waals surface area contributed by atoms with E-state index in [9.17, 15) is 9.18 Å². The number of carbonyl (C=O) groups excluding carboxylic acids is 1. The third kappa shape index (κ3) is 6.17. The van der Waals surface area contributed by atoms with Crippen LogP contribution in [0.15, 0.2) is 30.6 Å². The van der Waals surface area contributed by atoms with Crippen molar-refractivity contribution in [2.75, 3.05) is 6.54 Å². The molecule has 2 rings (SSSR count). The minimum atomic E-state index is -0.286. The van der Waals surface area contributed by atoms with Gasteiger partial charge in [0.1, 0.15) is 18.0 Å². The number of amides is 2. The quantitative estimate of drug-likeness (QED) is 0.844. The summed E-state index contributed by atoms with van der Waals surface area (Å²) in [4.78, 5) is 16.4. The maximum Gasteiger partial charge on any atom is 0.315 e. The number of benzene rings is 1. The van der Waals surface area contributed by atoms with Crippen molar-refractivity contribution in [3.63, 3.8) is 0 Å². The molecule has 7 heteroatoms. The Labute approximate surface area is 147 Å². The molecule has 0 bridgehead atoms. The Balaban J connectivity index is 1.94. The summed E-state index contributed by atoms with van der Waals surface area (Å²) in [6.07, 6.45) is 2.84. The number of carbonyl (C=O) groups is 1. The van der Waals surface area contributed by atoms with Gasteiger partial charge in [0, 0.05) is 20.0 Å². The second-order valence-corrected chi connectivity index (χ2v) is 7.32. The monoisotopic (exact) mass is 347 g/mol. The number of nitrogens with one attached hydrogen (secondary N) is 2. The second-order valence-electron chi connectivity index (χ2n) is 7.32. The first-order chi connectivity index (χ1) is 11.7. The summed E-state index contributed by atoms with van der Waals surface area (Å²) in [6.45, 7) is 6.79. The van der Waals surface area contributed by atoms with Crippen LogP contribution in [0, 0.1) is 11.2 Å². The Bertz CT molecular complexity index is 690. The highest BCUT2D eigenvalue weighted by Crippen LogP contribution is 2.29. The summed E-state index contributed by atoms with van der Waals surface area (Å²) in [5, 5.41) is 9.83. The molecular weight excluding hydrogens is 321 g/mol. The summed E-state index contributed by atoms with van der Waals surface area (Å²) < 4.78 is 14.9. The van der Waals surface area contributed by atoms with Crippen LogP contribution in [-0.4, -0.2) is 27.3 Å². The van der Waals surface area contributed by atoms with E-state index in [4.69, 9.17) is 0 Å². The van der Waals surface area contributed by atoms with Crippen LogP contribution >= 0.6 is 0 Å². The summed E-state index contributed by atoms with van der Waals surface area (Å²) in [5.74, 6) is 0.525. The molecule has 2 amide bonds. The molecule has 0 aliphatic rings. The van der Waals surface area contributed by atoms with E-state index in [-0.39, 0.29) is 23.3 Å². The Morgan fingerprint density at radius 1 is 1.28 bits per heavy atom. The average Bonchev–Trinajstić information content (AvgIpc) is 2.91. The summed E-state index contributed by atoms with van der Waals surface area (Å²) in [5.41, 5.74) is 0.907. The first-order valence-corrected chi connectivity index (χ1v) is 8.37. The number of hydrogen-bond donors (Lipinski definition) is 2. The van der Waals surface area contributed by atoms with Crippen molar-refractivity contribution in [3.8, 4) is 0 Å². The van der Waals surface area contributed by atoms with Gasteiger partial charge in [-0.2, -0.15) is 5.10 Å². The molecule has 1 unspecified atom stereocenters. The first-order valence-electron chi connectivity index (χ1n) is 8.37. The van der Waals surface area contributed by atoms with E-state index in [0.29, 0.717) is 13.0 Å². The fraction of sp³-hybridized carbons (Fsp3) is 0.500. The highest BCUT2D eigenvalue weighted by molar-refractivity contribution is 5.74. The predicted octanol–water partition coefficient (Wildman–Crippen LogP) is 2.97. The highest BCUT2D eigenvalue weighted by Gasteiger charge is 2.22. The van der Waals surface area contributed by atoms with Crippen molar-refractivity contribution in [2.24, 2.45) is 12.5 Å². The molecule has 1 aromatic heterocycles. The Hall–Kier alpha value is -2.44. The number of aryl methyl sites for hydroxylation is 1. The van der Waals surface area contributed by atoms with Gasteiger partial charge in [-0.05, 0) is 29.5 Å². The van der Waals surface area contributed by atoms with E-state index >= 15 is 0 Å². The van der Waals surface area contributed by atoms with Crippen LogP contribution < -0.4 is 10.6 Å². The van der Waals surface area contributed by atoms with Crippen molar-refractivity contribution < 1.29 is 9.18 Å². The third-order valence-corrected chi connectivity index (χ3v) is 3.83. The molecule has 25 heavy (non-hydrogen) atoms. The van der Waals surface area contributed by atoms with Gasteiger partial charge in [-0.1, -0.05) is 32.9 Å².